The lowest BCUT2D eigenvalue weighted by atomic mass is 9.84. The number of aryl methyl sites for hydroxylation is 1. The van der Waals surface area contributed by atoms with Gasteiger partial charge in [-0.1, -0.05) is 23.8 Å². The van der Waals surface area contributed by atoms with E-state index in [4.69, 9.17) is 0 Å². The number of nitrogens with one attached hydrogen (secondary N) is 1. The fourth-order valence-corrected chi connectivity index (χ4v) is 4.19. The maximum Gasteiger partial charge on any atom is 0.227 e. The van der Waals surface area contributed by atoms with Crippen LogP contribution in [0.15, 0.2) is 18.2 Å². The van der Waals surface area contributed by atoms with Crippen molar-refractivity contribution >= 4 is 5.91 Å². The molecule has 0 radical (unpaired) electrons. The molecule has 1 aromatic carbocycles. The van der Waals surface area contributed by atoms with Gasteiger partial charge in [0.25, 0.3) is 0 Å². The van der Waals surface area contributed by atoms with Gasteiger partial charge in [-0.3, -0.25) is 4.79 Å². The molecule has 4 nitrogen and oxygen atoms in total. The molecule has 1 N–H and O–H groups in total. The average molecular weight is 329 g/mol. The Kier molecular flexibility index (Phi) is 5.57. The highest BCUT2D eigenvalue weighted by Crippen LogP contribution is 2.33. The lowest BCUT2D eigenvalue weighted by molar-refractivity contribution is -0.136. The first-order valence-corrected chi connectivity index (χ1v) is 9.30. The van der Waals surface area contributed by atoms with Crippen LogP contribution in [0.1, 0.15) is 41.9 Å². The van der Waals surface area contributed by atoms with E-state index in [1.54, 1.807) is 0 Å². The van der Waals surface area contributed by atoms with Crippen LogP contribution in [0.3, 0.4) is 0 Å². The van der Waals surface area contributed by atoms with Gasteiger partial charge in [-0.25, -0.2) is 0 Å². The second kappa shape index (κ2) is 7.66. The Morgan fingerprint density at radius 2 is 1.96 bits per heavy atom. The number of carbonyl (C=O) groups excluding carboxylic acids is 1. The molecule has 0 saturated carbocycles. The second-order valence-corrected chi connectivity index (χ2v) is 7.70. The van der Waals surface area contributed by atoms with Gasteiger partial charge in [0, 0.05) is 38.6 Å². The first-order chi connectivity index (χ1) is 11.6. The number of piperidine rings is 1. The molecule has 2 atom stereocenters. The topological polar surface area (TPSA) is 35.6 Å². The van der Waals surface area contributed by atoms with Crippen molar-refractivity contribution in [2.24, 2.45) is 5.92 Å². The fourth-order valence-electron chi connectivity index (χ4n) is 4.19. The standard InChI is InChI=1S/C20H31N3O/c1-15-7-8-17(16(11-15)14-22(2)3)18-12-21-13-19(18)20(24)23-9-5-4-6-10-23/h7-8,11,18-19,21H,4-6,9-10,12-14H2,1-3H3/t18-,19?/m0/s1. The van der Waals surface area contributed by atoms with Gasteiger partial charge in [0.15, 0.2) is 0 Å². The lowest BCUT2D eigenvalue weighted by Crippen LogP contribution is -2.41. The molecule has 1 aromatic rings. The summed E-state index contributed by atoms with van der Waals surface area (Å²) in [6.07, 6.45) is 3.58. The smallest absolute Gasteiger partial charge is 0.227 e. The van der Waals surface area contributed by atoms with Gasteiger partial charge in [-0.15, -0.1) is 0 Å². The van der Waals surface area contributed by atoms with Crippen LogP contribution in [0.2, 0.25) is 0 Å². The number of carbonyl (C=O) groups is 1. The van der Waals surface area contributed by atoms with Crippen molar-refractivity contribution in [1.29, 1.82) is 0 Å². The van der Waals surface area contributed by atoms with Crippen molar-refractivity contribution in [2.75, 3.05) is 40.3 Å². The second-order valence-electron chi connectivity index (χ2n) is 7.70. The lowest BCUT2D eigenvalue weighted by Gasteiger charge is -2.31. The Hall–Kier alpha value is -1.39. The van der Waals surface area contributed by atoms with Crippen molar-refractivity contribution in [1.82, 2.24) is 15.1 Å². The zero-order valence-corrected chi connectivity index (χ0v) is 15.3. The third kappa shape index (κ3) is 3.81. The molecule has 2 aliphatic rings. The molecule has 3 rings (SSSR count). The van der Waals surface area contributed by atoms with Gasteiger partial charge in [0.1, 0.15) is 0 Å². The van der Waals surface area contributed by atoms with Gasteiger partial charge in [0.05, 0.1) is 5.92 Å². The highest BCUT2D eigenvalue weighted by atomic mass is 16.2. The predicted molar refractivity (Wildman–Crippen MR) is 98.1 cm³/mol. The SMILES string of the molecule is Cc1ccc([C@@H]2CNCC2C(=O)N2CCCCC2)c(CN(C)C)c1. The van der Waals surface area contributed by atoms with Crippen LogP contribution in [0.25, 0.3) is 0 Å². The van der Waals surface area contributed by atoms with E-state index in [2.05, 4.69) is 54.3 Å². The van der Waals surface area contributed by atoms with Crippen LogP contribution >= 0.6 is 0 Å². The van der Waals surface area contributed by atoms with Crippen LogP contribution in [0.5, 0.6) is 0 Å². The third-order valence-corrected chi connectivity index (χ3v) is 5.38. The molecule has 1 amide bonds. The third-order valence-electron chi connectivity index (χ3n) is 5.38. The van der Waals surface area contributed by atoms with E-state index in [9.17, 15) is 4.79 Å². The molecule has 2 saturated heterocycles. The Bertz CT molecular complexity index is 578. The zero-order chi connectivity index (χ0) is 17.1. The normalized spacial score (nSPS) is 24.6. The minimum absolute atomic E-state index is 0.0896. The summed E-state index contributed by atoms with van der Waals surface area (Å²) in [5, 5.41) is 3.47. The number of rotatable bonds is 4. The van der Waals surface area contributed by atoms with E-state index < -0.39 is 0 Å². The minimum Gasteiger partial charge on any atom is -0.342 e. The highest BCUT2D eigenvalue weighted by Gasteiger charge is 2.37. The molecule has 24 heavy (non-hydrogen) atoms. The maximum atomic E-state index is 13.1. The van der Waals surface area contributed by atoms with Crippen molar-refractivity contribution in [2.45, 2.75) is 38.6 Å². The molecule has 4 heteroatoms. The minimum atomic E-state index is 0.0896. The van der Waals surface area contributed by atoms with E-state index in [1.165, 1.54) is 23.1 Å². The number of nitrogens with zero attached hydrogens (tertiary/aromatic N) is 2. The summed E-state index contributed by atoms with van der Waals surface area (Å²) in [6, 6.07) is 6.73. The van der Waals surface area contributed by atoms with Gasteiger partial charge >= 0.3 is 0 Å². The molecular weight excluding hydrogens is 298 g/mol. The Balaban J connectivity index is 1.83. The number of benzene rings is 1. The summed E-state index contributed by atoms with van der Waals surface area (Å²) in [5.41, 5.74) is 4.01. The highest BCUT2D eigenvalue weighted by molar-refractivity contribution is 5.81. The van der Waals surface area contributed by atoms with Crippen molar-refractivity contribution < 1.29 is 4.79 Å². The quantitative estimate of drug-likeness (QED) is 0.921. The molecular formula is C20H31N3O. The molecule has 1 unspecified atom stereocenters. The van der Waals surface area contributed by atoms with Crippen LogP contribution < -0.4 is 5.32 Å². The van der Waals surface area contributed by atoms with Crippen LogP contribution in [0.4, 0.5) is 0 Å². The maximum absolute atomic E-state index is 13.1. The molecule has 0 bridgehead atoms. The number of amides is 1. The molecule has 2 fully saturated rings. The van der Waals surface area contributed by atoms with Crippen LogP contribution in [0, 0.1) is 12.8 Å². The zero-order valence-electron chi connectivity index (χ0n) is 15.3. The average Bonchev–Trinajstić information content (AvgIpc) is 3.04. The van der Waals surface area contributed by atoms with E-state index in [0.29, 0.717) is 11.8 Å². The number of hydrogen-bond donors (Lipinski definition) is 1. The fraction of sp³-hybridized carbons (Fsp3) is 0.650. The van der Waals surface area contributed by atoms with Gasteiger partial charge in [0.2, 0.25) is 5.91 Å². The van der Waals surface area contributed by atoms with Crippen molar-refractivity contribution in [3.8, 4) is 0 Å². The first kappa shape index (κ1) is 17.4. The van der Waals surface area contributed by atoms with E-state index >= 15 is 0 Å². The predicted octanol–water partition coefficient (Wildman–Crippen LogP) is 2.37. The first-order valence-electron chi connectivity index (χ1n) is 9.30. The van der Waals surface area contributed by atoms with E-state index in [1.807, 2.05) is 0 Å². The summed E-state index contributed by atoms with van der Waals surface area (Å²) >= 11 is 0. The summed E-state index contributed by atoms with van der Waals surface area (Å²) in [4.78, 5) is 17.4. The van der Waals surface area contributed by atoms with Crippen LogP contribution in [-0.4, -0.2) is 56.0 Å². The largest absolute Gasteiger partial charge is 0.342 e. The molecule has 0 aliphatic carbocycles. The Labute approximate surface area is 146 Å². The molecule has 2 aliphatic heterocycles. The summed E-state index contributed by atoms with van der Waals surface area (Å²) in [5.74, 6) is 0.753. The number of likely N-dealkylation sites (tertiary alicyclic amines) is 1. The summed E-state index contributed by atoms with van der Waals surface area (Å²) in [6.45, 7) is 6.69. The van der Waals surface area contributed by atoms with E-state index in [-0.39, 0.29) is 5.92 Å². The monoisotopic (exact) mass is 329 g/mol. The molecule has 0 spiro atoms. The van der Waals surface area contributed by atoms with Gasteiger partial charge < -0.3 is 15.1 Å². The van der Waals surface area contributed by atoms with Crippen molar-refractivity contribution in [3.63, 3.8) is 0 Å². The Morgan fingerprint density at radius 3 is 2.67 bits per heavy atom. The molecule has 132 valence electrons. The van der Waals surface area contributed by atoms with Gasteiger partial charge in [-0.2, -0.15) is 0 Å². The summed E-state index contributed by atoms with van der Waals surface area (Å²) in [7, 11) is 4.21. The molecule has 0 aromatic heterocycles. The van der Waals surface area contributed by atoms with Crippen molar-refractivity contribution in [3.05, 3.63) is 34.9 Å². The Morgan fingerprint density at radius 1 is 1.21 bits per heavy atom. The molecule has 2 heterocycles. The number of hydrogen-bond acceptors (Lipinski definition) is 3. The van der Waals surface area contributed by atoms with E-state index in [0.717, 1.165) is 45.6 Å². The van der Waals surface area contributed by atoms with Crippen LogP contribution in [-0.2, 0) is 11.3 Å². The van der Waals surface area contributed by atoms with Gasteiger partial charge in [-0.05, 0) is 51.4 Å². The summed E-state index contributed by atoms with van der Waals surface area (Å²) < 4.78 is 0.